The Kier molecular flexibility index (Phi) is 55.8. The molecule has 19 heteroatoms. The first kappa shape index (κ1) is 79.1. The molecule has 0 saturated heterocycles. The van der Waals surface area contributed by atoms with Gasteiger partial charge in [0.2, 0.25) is 0 Å². The fourth-order valence-corrected chi connectivity index (χ4v) is 10.9. The SMILES string of the molecule is CCCCCCCCCCCCCCCCCC(=O)OC[C@H](COP(=O)(O)OC[C@H](O)COP(=O)(O)OC[C@@H](COC(=O)CCCCCCC)OC(=O)CCCCCCCCCCCCCCCCC)OC(=O)CCCCCCCC. The van der Waals surface area contributed by atoms with Gasteiger partial charge in [0, 0.05) is 25.7 Å². The standard InChI is InChI=1S/C62H120O17P2/c1-5-9-13-17-20-22-24-26-28-30-32-34-36-40-43-47-60(65)73-53-58(78-61(66)48-44-39-19-15-11-7-3)55-77-81(70,71)75-51-56(63)50-74-80(68,69)76-54-57(52-72-59(64)46-42-38-16-12-8-4)79-62(67)49-45-41-37-35-33-31-29-27-25-23-21-18-14-10-6-2/h56-58,63H,5-55H2,1-4H3,(H,68,69)(H,70,71)/t56-,57-,58-/m1/s1. The van der Waals surface area contributed by atoms with Crippen LogP contribution in [0.25, 0.3) is 0 Å². The maximum Gasteiger partial charge on any atom is 0.472 e. The minimum Gasteiger partial charge on any atom is -0.462 e. The van der Waals surface area contributed by atoms with Crippen molar-refractivity contribution in [2.45, 2.75) is 335 Å². The number of carbonyl (C=O) groups is 4. The van der Waals surface area contributed by atoms with Crippen LogP contribution in [0.15, 0.2) is 0 Å². The van der Waals surface area contributed by atoms with Crippen LogP contribution in [0.2, 0.25) is 0 Å². The number of esters is 4. The van der Waals surface area contributed by atoms with Crippen molar-refractivity contribution in [3.8, 4) is 0 Å². The average molecular weight is 1200 g/mol. The molecule has 0 saturated carbocycles. The van der Waals surface area contributed by atoms with Crippen molar-refractivity contribution in [3.63, 3.8) is 0 Å². The van der Waals surface area contributed by atoms with Crippen LogP contribution in [0.4, 0.5) is 0 Å². The third-order valence-corrected chi connectivity index (χ3v) is 16.3. The molecule has 0 aliphatic heterocycles. The number of rotatable bonds is 63. The topological polar surface area (TPSA) is 237 Å². The monoisotopic (exact) mass is 1200 g/mol. The number of hydrogen-bond acceptors (Lipinski definition) is 15. The number of phosphoric acid groups is 2. The lowest BCUT2D eigenvalue weighted by molar-refractivity contribution is -0.161. The molecule has 17 nitrogen and oxygen atoms in total. The lowest BCUT2D eigenvalue weighted by Gasteiger charge is -2.21. The molecule has 0 bridgehead atoms. The van der Waals surface area contributed by atoms with E-state index in [4.69, 9.17) is 37.0 Å². The van der Waals surface area contributed by atoms with E-state index < -0.39 is 97.5 Å². The molecule has 0 radical (unpaired) electrons. The van der Waals surface area contributed by atoms with Gasteiger partial charge in [-0.2, -0.15) is 0 Å². The Hall–Kier alpha value is -1.94. The van der Waals surface area contributed by atoms with Crippen molar-refractivity contribution in [2.24, 2.45) is 0 Å². The van der Waals surface area contributed by atoms with E-state index in [0.29, 0.717) is 25.7 Å². The average Bonchev–Trinajstić information content (AvgIpc) is 3.44. The van der Waals surface area contributed by atoms with E-state index in [9.17, 15) is 43.2 Å². The minimum absolute atomic E-state index is 0.103. The Morgan fingerprint density at radius 3 is 0.728 bits per heavy atom. The lowest BCUT2D eigenvalue weighted by Crippen LogP contribution is -2.30. The highest BCUT2D eigenvalue weighted by Gasteiger charge is 2.30. The third-order valence-electron chi connectivity index (χ3n) is 14.4. The van der Waals surface area contributed by atoms with Crippen LogP contribution in [0.5, 0.6) is 0 Å². The van der Waals surface area contributed by atoms with Gasteiger partial charge in [0.25, 0.3) is 0 Å². The van der Waals surface area contributed by atoms with Crippen molar-refractivity contribution in [1.82, 2.24) is 0 Å². The number of ether oxygens (including phenoxy) is 4. The van der Waals surface area contributed by atoms with E-state index in [1.165, 1.54) is 135 Å². The molecule has 480 valence electrons. The summed E-state index contributed by atoms with van der Waals surface area (Å²) in [5, 5.41) is 10.5. The molecular formula is C62H120O17P2. The summed E-state index contributed by atoms with van der Waals surface area (Å²) in [6.07, 6.45) is 42.3. The number of aliphatic hydroxyl groups excluding tert-OH is 1. The van der Waals surface area contributed by atoms with Gasteiger partial charge in [0.1, 0.15) is 19.3 Å². The van der Waals surface area contributed by atoms with Gasteiger partial charge in [0.15, 0.2) is 12.2 Å². The van der Waals surface area contributed by atoms with Crippen LogP contribution < -0.4 is 0 Å². The van der Waals surface area contributed by atoms with Crippen molar-refractivity contribution in [3.05, 3.63) is 0 Å². The van der Waals surface area contributed by atoms with Crippen LogP contribution in [0, 0.1) is 0 Å². The van der Waals surface area contributed by atoms with Gasteiger partial charge in [-0.05, 0) is 25.7 Å². The number of phosphoric ester groups is 2. The largest absolute Gasteiger partial charge is 0.472 e. The molecule has 0 aliphatic carbocycles. The quantitative estimate of drug-likeness (QED) is 0.0222. The summed E-state index contributed by atoms with van der Waals surface area (Å²) in [6, 6.07) is 0. The highest BCUT2D eigenvalue weighted by atomic mass is 31.2. The van der Waals surface area contributed by atoms with Crippen LogP contribution in [-0.2, 0) is 65.4 Å². The summed E-state index contributed by atoms with van der Waals surface area (Å²) in [7, 11) is -9.86. The molecule has 0 rings (SSSR count). The Bertz CT molecular complexity index is 1570. The Balaban J connectivity index is 5.02. The lowest BCUT2D eigenvalue weighted by atomic mass is 10.0. The zero-order chi connectivity index (χ0) is 59.8. The predicted octanol–water partition coefficient (Wildman–Crippen LogP) is 17.2. The van der Waals surface area contributed by atoms with E-state index in [2.05, 4.69) is 27.7 Å². The molecule has 0 heterocycles. The van der Waals surface area contributed by atoms with Gasteiger partial charge in [-0.15, -0.1) is 0 Å². The molecular weight excluding hydrogens is 1080 g/mol. The number of carbonyl (C=O) groups excluding carboxylic acids is 4. The molecule has 0 aliphatic rings. The Morgan fingerprint density at radius 2 is 0.494 bits per heavy atom. The summed E-state index contributed by atoms with van der Waals surface area (Å²) in [6.45, 7) is 4.74. The Labute approximate surface area is 492 Å². The molecule has 0 spiro atoms. The van der Waals surface area contributed by atoms with Crippen LogP contribution in [-0.4, -0.2) is 96.7 Å². The van der Waals surface area contributed by atoms with Crippen LogP contribution >= 0.6 is 15.6 Å². The number of unbranched alkanes of at least 4 members (excludes halogenated alkanes) is 37. The van der Waals surface area contributed by atoms with Gasteiger partial charge < -0.3 is 33.8 Å². The Morgan fingerprint density at radius 1 is 0.296 bits per heavy atom. The van der Waals surface area contributed by atoms with Gasteiger partial charge >= 0.3 is 39.5 Å². The molecule has 81 heavy (non-hydrogen) atoms. The second-order valence-electron chi connectivity index (χ2n) is 22.4. The zero-order valence-electron chi connectivity index (χ0n) is 51.7. The van der Waals surface area contributed by atoms with Crippen LogP contribution in [0.3, 0.4) is 0 Å². The fourth-order valence-electron chi connectivity index (χ4n) is 9.28. The summed E-state index contributed by atoms with van der Waals surface area (Å²) < 4.78 is 67.6. The van der Waals surface area contributed by atoms with E-state index in [0.717, 1.165) is 103 Å². The maximum absolute atomic E-state index is 12.9. The van der Waals surface area contributed by atoms with E-state index in [-0.39, 0.29) is 25.7 Å². The molecule has 0 fully saturated rings. The van der Waals surface area contributed by atoms with Crippen molar-refractivity contribution < 1.29 is 80.2 Å². The third kappa shape index (κ3) is 56.9. The second kappa shape index (κ2) is 57.2. The number of aliphatic hydroxyl groups is 1. The normalized spacial score (nSPS) is 14.2. The molecule has 3 N–H and O–H groups in total. The second-order valence-corrected chi connectivity index (χ2v) is 25.4. The van der Waals surface area contributed by atoms with Crippen molar-refractivity contribution >= 4 is 39.5 Å². The fraction of sp³-hybridized carbons (Fsp3) is 0.935. The van der Waals surface area contributed by atoms with Gasteiger partial charge in [-0.3, -0.25) is 37.3 Å². The molecule has 5 atom stereocenters. The first-order chi connectivity index (χ1) is 39.2. The molecule has 2 unspecified atom stereocenters. The van der Waals surface area contributed by atoms with Gasteiger partial charge in [0.05, 0.1) is 26.4 Å². The summed E-state index contributed by atoms with van der Waals surface area (Å²) in [5.41, 5.74) is 0. The molecule has 0 aromatic rings. The van der Waals surface area contributed by atoms with Gasteiger partial charge in [-0.1, -0.05) is 265 Å². The van der Waals surface area contributed by atoms with Crippen LogP contribution in [0.1, 0.15) is 317 Å². The first-order valence-corrected chi connectivity index (χ1v) is 35.8. The predicted molar refractivity (Wildman–Crippen MR) is 322 cm³/mol. The minimum atomic E-state index is -4.93. The van der Waals surface area contributed by atoms with Crippen molar-refractivity contribution in [1.29, 1.82) is 0 Å². The number of hydrogen-bond donors (Lipinski definition) is 3. The van der Waals surface area contributed by atoms with Gasteiger partial charge in [-0.25, -0.2) is 9.13 Å². The van der Waals surface area contributed by atoms with Crippen molar-refractivity contribution in [2.75, 3.05) is 39.6 Å². The smallest absolute Gasteiger partial charge is 0.462 e. The van der Waals surface area contributed by atoms with E-state index in [1.807, 2.05) is 0 Å². The highest BCUT2D eigenvalue weighted by molar-refractivity contribution is 7.47. The van der Waals surface area contributed by atoms with E-state index >= 15 is 0 Å². The maximum atomic E-state index is 12.9. The summed E-state index contributed by atoms with van der Waals surface area (Å²) in [5.74, 6) is -2.15. The zero-order valence-corrected chi connectivity index (χ0v) is 53.5. The molecule has 0 aromatic heterocycles. The molecule has 0 amide bonds. The first-order valence-electron chi connectivity index (χ1n) is 32.8. The summed E-state index contributed by atoms with van der Waals surface area (Å²) in [4.78, 5) is 71.7. The molecule has 0 aromatic carbocycles. The highest BCUT2D eigenvalue weighted by Crippen LogP contribution is 2.45. The van der Waals surface area contributed by atoms with E-state index in [1.54, 1.807) is 0 Å². The summed E-state index contributed by atoms with van der Waals surface area (Å²) >= 11 is 0.